The molecule has 0 spiro atoms. The Morgan fingerprint density at radius 2 is 1.72 bits per heavy atom. The maximum atomic E-state index is 11.7. The van der Waals surface area contributed by atoms with Crippen molar-refractivity contribution >= 4 is 35.1 Å². The van der Waals surface area contributed by atoms with Crippen molar-refractivity contribution in [3.63, 3.8) is 0 Å². The molecular weight excluding hydrogens is 277 g/mol. The zero-order valence-electron chi connectivity index (χ0n) is 9.58. The number of rotatable bonds is 6. The number of aliphatic carboxylic acids is 1. The minimum atomic E-state index is -0.831. The summed E-state index contributed by atoms with van der Waals surface area (Å²) in [6, 6.07) is 4.60. The first-order valence-electron chi connectivity index (χ1n) is 5.45. The molecule has 1 rings (SSSR count). The molecule has 2 N–H and O–H groups in total. The minimum Gasteiger partial charge on any atom is -0.481 e. The van der Waals surface area contributed by atoms with E-state index < -0.39 is 5.97 Å². The van der Waals surface area contributed by atoms with Gasteiger partial charge in [0.2, 0.25) is 0 Å². The first-order valence-corrected chi connectivity index (χ1v) is 6.20. The van der Waals surface area contributed by atoms with Crippen molar-refractivity contribution in [2.45, 2.75) is 19.3 Å². The lowest BCUT2D eigenvalue weighted by Crippen LogP contribution is -2.24. The molecule has 0 bridgehead atoms. The summed E-state index contributed by atoms with van der Waals surface area (Å²) in [6.45, 7) is 0.427. The molecule has 0 aliphatic rings. The Kier molecular flexibility index (Phi) is 5.95. The first-order chi connectivity index (χ1) is 8.49. The van der Waals surface area contributed by atoms with E-state index in [0.29, 0.717) is 35.0 Å². The van der Waals surface area contributed by atoms with Crippen LogP contribution in [0.15, 0.2) is 18.2 Å². The third-order valence-corrected chi connectivity index (χ3v) is 2.66. The van der Waals surface area contributed by atoms with E-state index in [1.54, 1.807) is 6.07 Å². The van der Waals surface area contributed by atoms with Gasteiger partial charge in [-0.2, -0.15) is 0 Å². The van der Waals surface area contributed by atoms with Crippen LogP contribution in [0.5, 0.6) is 0 Å². The van der Waals surface area contributed by atoms with E-state index in [1.165, 1.54) is 12.1 Å². The minimum absolute atomic E-state index is 0.110. The Bertz CT molecular complexity index is 429. The molecule has 0 aliphatic carbocycles. The van der Waals surface area contributed by atoms with Crippen LogP contribution in [0.1, 0.15) is 29.6 Å². The Labute approximate surface area is 115 Å². The van der Waals surface area contributed by atoms with Gasteiger partial charge in [0, 0.05) is 28.6 Å². The highest BCUT2D eigenvalue weighted by molar-refractivity contribution is 6.35. The quantitative estimate of drug-likeness (QED) is 0.791. The van der Waals surface area contributed by atoms with Gasteiger partial charge in [0.05, 0.1) is 0 Å². The van der Waals surface area contributed by atoms with E-state index in [4.69, 9.17) is 28.3 Å². The third kappa shape index (κ3) is 5.38. The van der Waals surface area contributed by atoms with Gasteiger partial charge in [-0.25, -0.2) is 0 Å². The van der Waals surface area contributed by atoms with Crippen molar-refractivity contribution in [3.05, 3.63) is 33.8 Å². The monoisotopic (exact) mass is 289 g/mol. The molecule has 4 nitrogen and oxygen atoms in total. The van der Waals surface area contributed by atoms with Gasteiger partial charge < -0.3 is 10.4 Å². The van der Waals surface area contributed by atoms with E-state index in [2.05, 4.69) is 5.32 Å². The van der Waals surface area contributed by atoms with E-state index in [0.717, 1.165) is 0 Å². The fourth-order valence-electron chi connectivity index (χ4n) is 1.39. The molecule has 0 aromatic heterocycles. The molecule has 0 saturated heterocycles. The number of hydrogen-bond acceptors (Lipinski definition) is 2. The number of carboxylic acids is 1. The van der Waals surface area contributed by atoms with Crippen molar-refractivity contribution in [1.29, 1.82) is 0 Å². The fraction of sp³-hybridized carbons (Fsp3) is 0.333. The number of hydrogen-bond donors (Lipinski definition) is 2. The predicted octanol–water partition coefficient (Wildman–Crippen LogP) is 2.98. The smallest absolute Gasteiger partial charge is 0.303 e. The number of unbranched alkanes of at least 4 members (excludes halogenated alkanes) is 1. The van der Waals surface area contributed by atoms with Crippen LogP contribution in [-0.2, 0) is 4.79 Å². The number of benzene rings is 1. The van der Waals surface area contributed by atoms with Gasteiger partial charge in [0.1, 0.15) is 0 Å². The van der Waals surface area contributed by atoms with Crippen LogP contribution in [0.2, 0.25) is 10.0 Å². The number of nitrogens with one attached hydrogen (secondary N) is 1. The Morgan fingerprint density at radius 3 is 2.28 bits per heavy atom. The number of carbonyl (C=O) groups is 2. The lowest BCUT2D eigenvalue weighted by molar-refractivity contribution is -0.137. The summed E-state index contributed by atoms with van der Waals surface area (Å²) in [5, 5.41) is 11.9. The lowest BCUT2D eigenvalue weighted by atomic mass is 10.2. The molecule has 0 fully saturated rings. The lowest BCUT2D eigenvalue weighted by Gasteiger charge is -2.05. The number of amides is 1. The van der Waals surface area contributed by atoms with E-state index in [9.17, 15) is 9.59 Å². The van der Waals surface area contributed by atoms with Crippen molar-refractivity contribution < 1.29 is 14.7 Å². The van der Waals surface area contributed by atoms with Gasteiger partial charge in [-0.15, -0.1) is 0 Å². The van der Waals surface area contributed by atoms with Crippen molar-refractivity contribution in [2.24, 2.45) is 0 Å². The largest absolute Gasteiger partial charge is 0.481 e. The summed E-state index contributed by atoms with van der Waals surface area (Å²) < 4.78 is 0. The highest BCUT2D eigenvalue weighted by Crippen LogP contribution is 2.18. The van der Waals surface area contributed by atoms with Gasteiger partial charge >= 0.3 is 5.97 Å². The number of carbonyl (C=O) groups excluding carboxylic acids is 1. The second-order valence-corrected chi connectivity index (χ2v) is 4.64. The fourth-order valence-corrected chi connectivity index (χ4v) is 1.92. The van der Waals surface area contributed by atoms with Crippen LogP contribution in [0, 0.1) is 0 Å². The van der Waals surface area contributed by atoms with Gasteiger partial charge in [0.25, 0.3) is 5.91 Å². The molecule has 0 atom stereocenters. The SMILES string of the molecule is O=C(O)CCCCNC(=O)c1cc(Cl)cc(Cl)c1. The summed E-state index contributed by atoms with van der Waals surface area (Å²) in [7, 11) is 0. The van der Waals surface area contributed by atoms with Crippen molar-refractivity contribution in [3.8, 4) is 0 Å². The van der Waals surface area contributed by atoms with Crippen LogP contribution >= 0.6 is 23.2 Å². The molecule has 0 saturated carbocycles. The molecule has 1 aromatic carbocycles. The summed E-state index contributed by atoms with van der Waals surface area (Å²) in [4.78, 5) is 22.0. The third-order valence-electron chi connectivity index (χ3n) is 2.23. The van der Waals surface area contributed by atoms with Gasteiger partial charge in [0.15, 0.2) is 0 Å². The van der Waals surface area contributed by atoms with Crippen LogP contribution in [0.25, 0.3) is 0 Å². The maximum absolute atomic E-state index is 11.7. The number of carboxylic acid groups (broad SMARTS) is 1. The molecular formula is C12H13Cl2NO3. The molecule has 1 amide bonds. The first kappa shape index (κ1) is 14.8. The van der Waals surface area contributed by atoms with Crippen LogP contribution in [-0.4, -0.2) is 23.5 Å². The molecule has 0 unspecified atom stereocenters. The van der Waals surface area contributed by atoms with Crippen LogP contribution in [0.4, 0.5) is 0 Å². The average molecular weight is 290 g/mol. The van der Waals surface area contributed by atoms with Crippen LogP contribution < -0.4 is 5.32 Å². The second kappa shape index (κ2) is 7.24. The topological polar surface area (TPSA) is 66.4 Å². The Hall–Kier alpha value is -1.26. The van der Waals surface area contributed by atoms with Gasteiger partial charge in [-0.05, 0) is 31.0 Å². The zero-order chi connectivity index (χ0) is 13.5. The second-order valence-electron chi connectivity index (χ2n) is 3.76. The molecule has 6 heteroatoms. The Balaban J connectivity index is 2.38. The Morgan fingerprint density at radius 1 is 1.11 bits per heavy atom. The summed E-state index contributed by atoms with van der Waals surface area (Å²) in [5.41, 5.74) is 0.394. The summed E-state index contributed by atoms with van der Waals surface area (Å²) in [5.74, 6) is -1.10. The standard InChI is InChI=1S/C12H13Cl2NO3/c13-9-5-8(6-10(14)7-9)12(18)15-4-2-1-3-11(16)17/h5-7H,1-4H2,(H,15,18)(H,16,17). The highest BCUT2D eigenvalue weighted by Gasteiger charge is 2.07. The van der Waals surface area contributed by atoms with Gasteiger partial charge in [-0.1, -0.05) is 23.2 Å². The summed E-state index contributed by atoms with van der Waals surface area (Å²) in [6.07, 6.45) is 1.26. The molecule has 0 radical (unpaired) electrons. The van der Waals surface area contributed by atoms with Crippen molar-refractivity contribution in [1.82, 2.24) is 5.32 Å². The van der Waals surface area contributed by atoms with Gasteiger partial charge in [-0.3, -0.25) is 9.59 Å². The zero-order valence-corrected chi connectivity index (χ0v) is 11.1. The van der Waals surface area contributed by atoms with E-state index in [1.807, 2.05) is 0 Å². The molecule has 98 valence electrons. The maximum Gasteiger partial charge on any atom is 0.303 e. The summed E-state index contributed by atoms with van der Waals surface area (Å²) >= 11 is 11.6. The molecule has 0 heterocycles. The van der Waals surface area contributed by atoms with Crippen molar-refractivity contribution in [2.75, 3.05) is 6.54 Å². The highest BCUT2D eigenvalue weighted by atomic mass is 35.5. The van der Waals surface area contributed by atoms with Crippen LogP contribution in [0.3, 0.4) is 0 Å². The van der Waals surface area contributed by atoms with E-state index in [-0.39, 0.29) is 12.3 Å². The van der Waals surface area contributed by atoms with E-state index >= 15 is 0 Å². The molecule has 0 aliphatic heterocycles. The predicted molar refractivity (Wildman–Crippen MR) is 70.3 cm³/mol. The average Bonchev–Trinajstić information content (AvgIpc) is 2.26. The number of halogens is 2. The normalized spacial score (nSPS) is 10.1. The molecule has 1 aromatic rings. The molecule has 18 heavy (non-hydrogen) atoms.